The molecule has 1 saturated carbocycles. The highest BCUT2D eigenvalue weighted by atomic mass is 35.5. The summed E-state index contributed by atoms with van der Waals surface area (Å²) >= 11 is 6.02. The summed E-state index contributed by atoms with van der Waals surface area (Å²) in [5.41, 5.74) is 8.87. The molecule has 17 heavy (non-hydrogen) atoms. The number of halogens is 1. The SMILES string of the molecule is N[C@H]1CC[C@@H]1CN1CCc2cc(Cl)ccc2C1. The first-order chi connectivity index (χ1) is 8.22. The molecule has 3 rings (SSSR count). The molecule has 0 amide bonds. The largest absolute Gasteiger partial charge is 0.327 e. The lowest BCUT2D eigenvalue weighted by molar-refractivity contribution is 0.144. The van der Waals surface area contributed by atoms with Crippen LogP contribution in [0.1, 0.15) is 24.0 Å². The minimum absolute atomic E-state index is 0.446. The average Bonchev–Trinajstić information content (AvgIpc) is 2.34. The summed E-state index contributed by atoms with van der Waals surface area (Å²) in [5, 5.41) is 0.859. The summed E-state index contributed by atoms with van der Waals surface area (Å²) in [5.74, 6) is 0.726. The molecule has 2 atom stereocenters. The van der Waals surface area contributed by atoms with Crippen molar-refractivity contribution in [2.24, 2.45) is 11.7 Å². The molecule has 1 aliphatic carbocycles. The molecule has 1 aliphatic heterocycles. The van der Waals surface area contributed by atoms with Crippen molar-refractivity contribution in [3.05, 3.63) is 34.3 Å². The molecule has 0 bridgehead atoms. The fraction of sp³-hybridized carbons (Fsp3) is 0.571. The van der Waals surface area contributed by atoms with E-state index in [1.54, 1.807) is 0 Å². The monoisotopic (exact) mass is 250 g/mol. The molecule has 2 aliphatic rings. The van der Waals surface area contributed by atoms with E-state index in [-0.39, 0.29) is 0 Å². The number of fused-ring (bicyclic) bond motifs is 1. The molecular weight excluding hydrogens is 232 g/mol. The van der Waals surface area contributed by atoms with Gasteiger partial charge in [0.05, 0.1) is 0 Å². The van der Waals surface area contributed by atoms with Gasteiger partial charge in [-0.05, 0) is 48.4 Å². The quantitative estimate of drug-likeness (QED) is 0.874. The van der Waals surface area contributed by atoms with Gasteiger partial charge in [0.25, 0.3) is 0 Å². The van der Waals surface area contributed by atoms with E-state index < -0.39 is 0 Å². The Bertz CT molecular complexity index is 419. The summed E-state index contributed by atoms with van der Waals surface area (Å²) in [6.07, 6.45) is 3.65. The molecule has 1 heterocycles. The highest BCUT2D eigenvalue weighted by Crippen LogP contribution is 2.29. The fourth-order valence-corrected chi connectivity index (χ4v) is 3.08. The van der Waals surface area contributed by atoms with Gasteiger partial charge in [0.15, 0.2) is 0 Å². The van der Waals surface area contributed by atoms with Crippen molar-refractivity contribution < 1.29 is 0 Å². The Morgan fingerprint density at radius 1 is 1.29 bits per heavy atom. The van der Waals surface area contributed by atoms with Crippen LogP contribution in [-0.2, 0) is 13.0 Å². The van der Waals surface area contributed by atoms with Gasteiger partial charge in [-0.1, -0.05) is 17.7 Å². The molecule has 0 aromatic heterocycles. The van der Waals surface area contributed by atoms with Gasteiger partial charge in [0.1, 0.15) is 0 Å². The highest BCUT2D eigenvalue weighted by Gasteiger charge is 2.29. The standard InChI is InChI=1S/C14H19ClN2/c15-13-3-1-11-8-17(6-5-10(11)7-13)9-12-2-4-14(12)16/h1,3,7,12,14H,2,4-6,8-9,16H2/t12-,14+/m1/s1. The molecule has 2 N–H and O–H groups in total. The van der Waals surface area contributed by atoms with Crippen LogP contribution in [0.25, 0.3) is 0 Å². The smallest absolute Gasteiger partial charge is 0.0408 e. The second-order valence-electron chi connectivity index (χ2n) is 5.40. The van der Waals surface area contributed by atoms with Crippen molar-refractivity contribution in [2.75, 3.05) is 13.1 Å². The summed E-state index contributed by atoms with van der Waals surface area (Å²) in [6, 6.07) is 6.73. The average molecular weight is 251 g/mol. The van der Waals surface area contributed by atoms with E-state index in [0.717, 1.165) is 30.5 Å². The molecule has 0 radical (unpaired) electrons. The lowest BCUT2D eigenvalue weighted by Gasteiger charge is -2.39. The van der Waals surface area contributed by atoms with Gasteiger partial charge < -0.3 is 5.73 Å². The van der Waals surface area contributed by atoms with E-state index in [1.807, 2.05) is 6.07 Å². The predicted octanol–water partition coefficient (Wildman–Crippen LogP) is 2.44. The predicted molar refractivity (Wildman–Crippen MR) is 71.1 cm³/mol. The van der Waals surface area contributed by atoms with E-state index in [0.29, 0.717) is 6.04 Å². The zero-order valence-corrected chi connectivity index (χ0v) is 10.8. The zero-order valence-electron chi connectivity index (χ0n) is 10.0. The van der Waals surface area contributed by atoms with Crippen LogP contribution in [0.3, 0.4) is 0 Å². The number of benzene rings is 1. The second-order valence-corrected chi connectivity index (χ2v) is 5.84. The number of rotatable bonds is 2. The van der Waals surface area contributed by atoms with Crippen molar-refractivity contribution in [3.63, 3.8) is 0 Å². The third-order valence-electron chi connectivity index (χ3n) is 4.23. The van der Waals surface area contributed by atoms with E-state index in [4.69, 9.17) is 17.3 Å². The molecule has 0 spiro atoms. The van der Waals surface area contributed by atoms with Crippen molar-refractivity contribution in [2.45, 2.75) is 31.8 Å². The Labute approximate surface area is 108 Å². The minimum atomic E-state index is 0.446. The summed E-state index contributed by atoms with van der Waals surface area (Å²) in [6.45, 7) is 3.38. The van der Waals surface area contributed by atoms with Crippen LogP contribution >= 0.6 is 11.6 Å². The molecular formula is C14H19ClN2. The molecule has 92 valence electrons. The Hall–Kier alpha value is -0.570. The molecule has 1 fully saturated rings. The third kappa shape index (κ3) is 2.35. The molecule has 1 aromatic carbocycles. The lowest BCUT2D eigenvalue weighted by atomic mass is 9.79. The maximum atomic E-state index is 6.02. The number of nitrogens with zero attached hydrogens (tertiary/aromatic N) is 1. The summed E-state index contributed by atoms with van der Waals surface area (Å²) in [4.78, 5) is 2.54. The van der Waals surface area contributed by atoms with E-state index in [1.165, 1.54) is 30.5 Å². The number of nitrogens with two attached hydrogens (primary N) is 1. The van der Waals surface area contributed by atoms with E-state index in [9.17, 15) is 0 Å². The number of hydrogen-bond donors (Lipinski definition) is 1. The Balaban J connectivity index is 1.66. The van der Waals surface area contributed by atoms with Crippen LogP contribution in [0.5, 0.6) is 0 Å². The highest BCUT2D eigenvalue weighted by molar-refractivity contribution is 6.30. The van der Waals surface area contributed by atoms with Crippen molar-refractivity contribution in [3.8, 4) is 0 Å². The lowest BCUT2D eigenvalue weighted by Crippen LogP contribution is -2.47. The third-order valence-corrected chi connectivity index (χ3v) is 4.46. The Kier molecular flexibility index (Phi) is 3.12. The molecule has 1 aromatic rings. The first kappa shape index (κ1) is 11.5. The van der Waals surface area contributed by atoms with Gasteiger partial charge in [-0.3, -0.25) is 4.90 Å². The van der Waals surface area contributed by atoms with Crippen molar-refractivity contribution >= 4 is 11.6 Å². The molecule has 3 heteroatoms. The first-order valence-electron chi connectivity index (χ1n) is 6.47. The Morgan fingerprint density at radius 3 is 2.88 bits per heavy atom. The van der Waals surface area contributed by atoms with Crippen LogP contribution in [0.2, 0.25) is 5.02 Å². The summed E-state index contributed by atoms with van der Waals surface area (Å²) < 4.78 is 0. The van der Waals surface area contributed by atoms with Gasteiger partial charge in [-0.2, -0.15) is 0 Å². The van der Waals surface area contributed by atoms with Gasteiger partial charge in [-0.15, -0.1) is 0 Å². The van der Waals surface area contributed by atoms with Crippen LogP contribution in [0.4, 0.5) is 0 Å². The second kappa shape index (κ2) is 4.60. The van der Waals surface area contributed by atoms with E-state index >= 15 is 0 Å². The van der Waals surface area contributed by atoms with Gasteiger partial charge in [0, 0.05) is 30.7 Å². The molecule has 0 unspecified atom stereocenters. The Morgan fingerprint density at radius 2 is 2.18 bits per heavy atom. The zero-order chi connectivity index (χ0) is 11.8. The van der Waals surface area contributed by atoms with Gasteiger partial charge in [-0.25, -0.2) is 0 Å². The van der Waals surface area contributed by atoms with Gasteiger partial charge in [0.2, 0.25) is 0 Å². The van der Waals surface area contributed by atoms with Crippen LogP contribution in [0, 0.1) is 5.92 Å². The van der Waals surface area contributed by atoms with Crippen LogP contribution in [0.15, 0.2) is 18.2 Å². The van der Waals surface area contributed by atoms with Crippen molar-refractivity contribution in [1.29, 1.82) is 0 Å². The fourth-order valence-electron chi connectivity index (χ4n) is 2.89. The van der Waals surface area contributed by atoms with Gasteiger partial charge >= 0.3 is 0 Å². The normalized spacial score (nSPS) is 28.6. The maximum Gasteiger partial charge on any atom is 0.0408 e. The molecule has 2 nitrogen and oxygen atoms in total. The van der Waals surface area contributed by atoms with E-state index in [2.05, 4.69) is 17.0 Å². The molecule has 0 saturated heterocycles. The van der Waals surface area contributed by atoms with Crippen LogP contribution < -0.4 is 5.73 Å². The maximum absolute atomic E-state index is 6.02. The number of hydrogen-bond acceptors (Lipinski definition) is 2. The summed E-state index contributed by atoms with van der Waals surface area (Å²) in [7, 11) is 0. The van der Waals surface area contributed by atoms with Crippen LogP contribution in [-0.4, -0.2) is 24.0 Å². The topological polar surface area (TPSA) is 29.3 Å². The minimum Gasteiger partial charge on any atom is -0.327 e. The van der Waals surface area contributed by atoms with Crippen molar-refractivity contribution in [1.82, 2.24) is 4.90 Å². The first-order valence-corrected chi connectivity index (χ1v) is 6.85.